The Kier molecular flexibility index (Phi) is 6.19. The molecule has 0 saturated carbocycles. The van der Waals surface area contributed by atoms with Gasteiger partial charge in [0.15, 0.2) is 10.9 Å². The number of para-hydroxylation sites is 1. The fourth-order valence-corrected chi connectivity index (χ4v) is 3.39. The monoisotopic (exact) mass is 440 g/mol. The van der Waals surface area contributed by atoms with Crippen LogP contribution in [0.5, 0.6) is 0 Å². The summed E-state index contributed by atoms with van der Waals surface area (Å²) in [5.74, 6) is -0.489. The van der Waals surface area contributed by atoms with Crippen molar-refractivity contribution < 1.29 is 9.59 Å². The summed E-state index contributed by atoms with van der Waals surface area (Å²) in [6.45, 7) is 1.49. The lowest BCUT2D eigenvalue weighted by Crippen LogP contribution is -2.42. The highest BCUT2D eigenvalue weighted by atomic mass is 32.1. The molecule has 1 aromatic heterocycles. The van der Waals surface area contributed by atoms with E-state index in [1.54, 1.807) is 24.3 Å². The third-order valence-electron chi connectivity index (χ3n) is 4.85. The number of Topliss-reactive ketones (excluding diaryl/α,β-unsaturated/α-hetero) is 1. The van der Waals surface area contributed by atoms with E-state index in [2.05, 4.69) is 16.2 Å². The first kappa shape index (κ1) is 21.1. The minimum Gasteiger partial charge on any atom is -0.299 e. The number of nitrogens with zero attached hydrogens (tertiary/aromatic N) is 1. The molecule has 3 aromatic carbocycles. The Bertz CT molecular complexity index is 1310. The van der Waals surface area contributed by atoms with E-state index in [9.17, 15) is 9.59 Å². The van der Waals surface area contributed by atoms with Crippen LogP contribution in [0.2, 0.25) is 0 Å². The van der Waals surface area contributed by atoms with E-state index in [1.807, 2.05) is 60.7 Å². The normalized spacial score (nSPS) is 10.4. The van der Waals surface area contributed by atoms with Crippen molar-refractivity contribution in [3.63, 3.8) is 0 Å². The zero-order chi connectivity index (χ0) is 22.5. The van der Waals surface area contributed by atoms with Gasteiger partial charge in [0.2, 0.25) is 0 Å². The summed E-state index contributed by atoms with van der Waals surface area (Å²) >= 11 is 5.27. The zero-order valence-corrected chi connectivity index (χ0v) is 18.1. The highest BCUT2D eigenvalue weighted by molar-refractivity contribution is 7.80. The lowest BCUT2D eigenvalue weighted by Gasteiger charge is -2.14. The van der Waals surface area contributed by atoms with Gasteiger partial charge in [-0.15, -0.1) is 0 Å². The van der Waals surface area contributed by atoms with Gasteiger partial charge in [-0.3, -0.25) is 25.8 Å². The maximum atomic E-state index is 13.2. The Labute approximate surface area is 190 Å². The molecule has 32 heavy (non-hydrogen) atoms. The van der Waals surface area contributed by atoms with Gasteiger partial charge in [0, 0.05) is 16.5 Å². The van der Waals surface area contributed by atoms with Crippen molar-refractivity contribution in [3.05, 3.63) is 96.1 Å². The van der Waals surface area contributed by atoms with Crippen LogP contribution in [0.15, 0.2) is 84.9 Å². The van der Waals surface area contributed by atoms with E-state index >= 15 is 0 Å². The van der Waals surface area contributed by atoms with Crippen molar-refractivity contribution in [3.8, 4) is 11.3 Å². The molecule has 0 spiro atoms. The number of hydrazine groups is 1. The Balaban J connectivity index is 1.66. The highest BCUT2D eigenvalue weighted by Gasteiger charge is 2.16. The number of anilines is 1. The summed E-state index contributed by atoms with van der Waals surface area (Å²) in [6.07, 6.45) is 0. The number of carbonyl (C=O) groups is 2. The van der Waals surface area contributed by atoms with Crippen molar-refractivity contribution >= 4 is 45.6 Å². The standard InChI is InChI=1S/C25H20N4O2S/c1-16(30)18-12-13-22-20(14-18)21(15-23(26-22)17-8-4-2-5-9-17)24(31)27-25(32)29-28-19-10-6-3-7-11-19/h2-15,28H,1H3,(H2,27,29,31,32). The average molecular weight is 441 g/mol. The lowest BCUT2D eigenvalue weighted by molar-refractivity contribution is 0.0976. The number of rotatable bonds is 5. The number of ketones is 1. The third kappa shape index (κ3) is 4.79. The molecular formula is C25H20N4O2S. The number of nitrogens with one attached hydrogen (secondary N) is 3. The highest BCUT2D eigenvalue weighted by Crippen LogP contribution is 2.26. The first-order valence-electron chi connectivity index (χ1n) is 9.95. The second kappa shape index (κ2) is 9.36. The summed E-state index contributed by atoms with van der Waals surface area (Å²) in [6, 6.07) is 25.9. The Morgan fingerprint density at radius 1 is 0.875 bits per heavy atom. The molecule has 0 atom stereocenters. The molecule has 0 saturated heterocycles. The molecule has 0 aliphatic heterocycles. The molecule has 0 aliphatic rings. The molecule has 7 heteroatoms. The molecule has 4 aromatic rings. The van der Waals surface area contributed by atoms with E-state index < -0.39 is 5.91 Å². The van der Waals surface area contributed by atoms with Gasteiger partial charge < -0.3 is 0 Å². The number of thiocarbonyl (C=S) groups is 1. The molecule has 1 heterocycles. The summed E-state index contributed by atoms with van der Waals surface area (Å²) in [4.78, 5) is 29.8. The number of hydrogen-bond donors (Lipinski definition) is 3. The number of hydrogen-bond acceptors (Lipinski definition) is 5. The van der Waals surface area contributed by atoms with Crippen molar-refractivity contribution in [2.45, 2.75) is 6.92 Å². The van der Waals surface area contributed by atoms with Gasteiger partial charge in [-0.1, -0.05) is 48.5 Å². The van der Waals surface area contributed by atoms with Gasteiger partial charge in [-0.05, 0) is 55.5 Å². The number of pyridine rings is 1. The van der Waals surface area contributed by atoms with E-state index in [4.69, 9.17) is 17.2 Å². The predicted octanol–water partition coefficient (Wildman–Crippen LogP) is 4.74. The second-order valence-corrected chi connectivity index (χ2v) is 7.52. The summed E-state index contributed by atoms with van der Waals surface area (Å²) in [7, 11) is 0. The minimum atomic E-state index is -0.400. The van der Waals surface area contributed by atoms with Crippen LogP contribution in [0.25, 0.3) is 22.2 Å². The summed E-state index contributed by atoms with van der Waals surface area (Å²) in [5, 5.41) is 3.39. The maximum Gasteiger partial charge on any atom is 0.258 e. The van der Waals surface area contributed by atoms with Gasteiger partial charge >= 0.3 is 0 Å². The molecule has 3 N–H and O–H groups in total. The van der Waals surface area contributed by atoms with Crippen molar-refractivity contribution in [1.82, 2.24) is 15.7 Å². The molecule has 0 fully saturated rings. The molecule has 6 nitrogen and oxygen atoms in total. The van der Waals surface area contributed by atoms with Gasteiger partial charge in [-0.2, -0.15) is 0 Å². The third-order valence-corrected chi connectivity index (χ3v) is 5.05. The van der Waals surface area contributed by atoms with Crippen LogP contribution in [0, 0.1) is 0 Å². The van der Waals surface area contributed by atoms with Gasteiger partial charge in [0.05, 0.1) is 22.5 Å². The fraction of sp³-hybridized carbons (Fsp3) is 0.0400. The van der Waals surface area contributed by atoms with Crippen molar-refractivity contribution in [2.24, 2.45) is 0 Å². The largest absolute Gasteiger partial charge is 0.299 e. The molecule has 1 amide bonds. The summed E-state index contributed by atoms with van der Waals surface area (Å²) < 4.78 is 0. The van der Waals surface area contributed by atoms with Crippen LogP contribution in [0.3, 0.4) is 0 Å². The van der Waals surface area contributed by atoms with Crippen LogP contribution < -0.4 is 16.2 Å². The molecular weight excluding hydrogens is 420 g/mol. The topological polar surface area (TPSA) is 83.1 Å². The first-order valence-corrected chi connectivity index (χ1v) is 10.4. The minimum absolute atomic E-state index is 0.0883. The Hall–Kier alpha value is -4.10. The van der Waals surface area contributed by atoms with Gasteiger partial charge in [0.1, 0.15) is 0 Å². The number of amides is 1. The van der Waals surface area contributed by atoms with Gasteiger partial charge in [-0.25, -0.2) is 4.98 Å². The summed E-state index contributed by atoms with van der Waals surface area (Å²) in [5.41, 5.74) is 9.57. The smallest absolute Gasteiger partial charge is 0.258 e. The van der Waals surface area contributed by atoms with E-state index in [-0.39, 0.29) is 10.9 Å². The number of benzene rings is 3. The number of fused-ring (bicyclic) bond motifs is 1. The van der Waals surface area contributed by atoms with Gasteiger partial charge in [0.25, 0.3) is 5.91 Å². The van der Waals surface area contributed by atoms with Crippen LogP contribution in [-0.2, 0) is 0 Å². The quantitative estimate of drug-likeness (QED) is 0.236. The van der Waals surface area contributed by atoms with Crippen LogP contribution in [0.1, 0.15) is 27.6 Å². The molecule has 0 unspecified atom stereocenters. The second-order valence-electron chi connectivity index (χ2n) is 7.11. The number of carbonyl (C=O) groups excluding carboxylic acids is 2. The first-order chi connectivity index (χ1) is 15.5. The average Bonchev–Trinajstić information content (AvgIpc) is 2.82. The maximum absolute atomic E-state index is 13.2. The van der Waals surface area contributed by atoms with Crippen LogP contribution in [-0.4, -0.2) is 21.8 Å². The fourth-order valence-electron chi connectivity index (χ4n) is 3.24. The van der Waals surface area contributed by atoms with E-state index in [0.29, 0.717) is 27.7 Å². The number of aromatic nitrogens is 1. The van der Waals surface area contributed by atoms with Crippen LogP contribution in [0.4, 0.5) is 5.69 Å². The zero-order valence-electron chi connectivity index (χ0n) is 17.3. The Morgan fingerprint density at radius 3 is 2.25 bits per heavy atom. The van der Waals surface area contributed by atoms with Crippen molar-refractivity contribution in [1.29, 1.82) is 0 Å². The van der Waals surface area contributed by atoms with E-state index in [1.165, 1.54) is 6.92 Å². The molecule has 158 valence electrons. The van der Waals surface area contributed by atoms with E-state index in [0.717, 1.165) is 11.3 Å². The van der Waals surface area contributed by atoms with Crippen molar-refractivity contribution in [2.75, 3.05) is 5.43 Å². The Morgan fingerprint density at radius 2 is 1.56 bits per heavy atom. The molecule has 0 radical (unpaired) electrons. The van der Waals surface area contributed by atoms with Crippen LogP contribution >= 0.6 is 12.2 Å². The molecule has 4 rings (SSSR count). The molecule has 0 bridgehead atoms. The lowest BCUT2D eigenvalue weighted by atomic mass is 10.0. The molecule has 0 aliphatic carbocycles. The predicted molar refractivity (Wildman–Crippen MR) is 130 cm³/mol. The SMILES string of the molecule is CC(=O)c1ccc2nc(-c3ccccc3)cc(C(=O)NC(=S)NNc3ccccc3)c2c1.